The SMILES string of the molecule is C=Nc1ccccc1N(C)c1ccccc1. The van der Waals surface area contributed by atoms with E-state index in [1.165, 1.54) is 0 Å². The summed E-state index contributed by atoms with van der Waals surface area (Å²) in [7, 11) is 2.03. The molecular weight excluding hydrogens is 196 g/mol. The van der Waals surface area contributed by atoms with Gasteiger partial charge in [0.25, 0.3) is 0 Å². The van der Waals surface area contributed by atoms with Crippen LogP contribution in [0.5, 0.6) is 0 Å². The topological polar surface area (TPSA) is 15.6 Å². The minimum Gasteiger partial charge on any atom is -0.343 e. The van der Waals surface area contributed by atoms with Crippen molar-refractivity contribution in [1.29, 1.82) is 0 Å². The van der Waals surface area contributed by atoms with Crippen molar-refractivity contribution in [3.8, 4) is 0 Å². The van der Waals surface area contributed by atoms with Crippen LogP contribution < -0.4 is 4.90 Å². The molecule has 2 aromatic carbocycles. The molecule has 0 radical (unpaired) electrons. The van der Waals surface area contributed by atoms with Crippen LogP contribution in [0, 0.1) is 0 Å². The fraction of sp³-hybridized carbons (Fsp3) is 0.0714. The standard InChI is InChI=1S/C14H14N2/c1-15-13-10-6-7-11-14(13)16(2)12-8-4-3-5-9-12/h3-11H,1H2,2H3. The average Bonchev–Trinajstić information content (AvgIpc) is 2.39. The molecule has 2 aromatic rings. The summed E-state index contributed by atoms with van der Waals surface area (Å²) in [6.45, 7) is 3.59. The molecule has 0 aliphatic carbocycles. The van der Waals surface area contributed by atoms with Gasteiger partial charge in [0.1, 0.15) is 0 Å². The normalized spacial score (nSPS) is 9.81. The smallest absolute Gasteiger partial charge is 0.0859 e. The van der Waals surface area contributed by atoms with E-state index in [9.17, 15) is 0 Å². The largest absolute Gasteiger partial charge is 0.343 e. The Labute approximate surface area is 95.9 Å². The molecule has 0 spiro atoms. The van der Waals surface area contributed by atoms with Crippen LogP contribution in [0.1, 0.15) is 0 Å². The van der Waals surface area contributed by atoms with Crippen molar-refractivity contribution in [3.63, 3.8) is 0 Å². The maximum Gasteiger partial charge on any atom is 0.0859 e. The molecule has 0 N–H and O–H groups in total. The molecule has 0 saturated heterocycles. The summed E-state index contributed by atoms with van der Waals surface area (Å²) < 4.78 is 0. The van der Waals surface area contributed by atoms with Crippen LogP contribution in [-0.4, -0.2) is 13.8 Å². The minimum atomic E-state index is 0.897. The van der Waals surface area contributed by atoms with Crippen molar-refractivity contribution >= 4 is 23.8 Å². The van der Waals surface area contributed by atoms with Crippen LogP contribution in [0.3, 0.4) is 0 Å². The highest BCUT2D eigenvalue weighted by Gasteiger charge is 2.06. The van der Waals surface area contributed by atoms with Gasteiger partial charge in [-0.1, -0.05) is 30.3 Å². The first-order valence-electron chi connectivity index (χ1n) is 5.17. The number of hydrogen-bond acceptors (Lipinski definition) is 2. The monoisotopic (exact) mass is 210 g/mol. The number of nitrogens with zero attached hydrogens (tertiary/aromatic N) is 2. The van der Waals surface area contributed by atoms with Gasteiger partial charge < -0.3 is 4.90 Å². The van der Waals surface area contributed by atoms with Crippen molar-refractivity contribution in [2.45, 2.75) is 0 Å². The second-order valence-electron chi connectivity index (χ2n) is 3.54. The van der Waals surface area contributed by atoms with Gasteiger partial charge >= 0.3 is 0 Å². The minimum absolute atomic E-state index is 0.897. The van der Waals surface area contributed by atoms with E-state index in [1.807, 2.05) is 49.5 Å². The zero-order valence-corrected chi connectivity index (χ0v) is 9.30. The van der Waals surface area contributed by atoms with E-state index < -0.39 is 0 Å². The Kier molecular flexibility index (Phi) is 3.01. The number of para-hydroxylation sites is 3. The molecule has 0 heterocycles. The third-order valence-corrected chi connectivity index (χ3v) is 2.56. The van der Waals surface area contributed by atoms with Crippen LogP contribution in [0.25, 0.3) is 0 Å². The van der Waals surface area contributed by atoms with Gasteiger partial charge in [-0.25, -0.2) is 0 Å². The van der Waals surface area contributed by atoms with Crippen LogP contribution >= 0.6 is 0 Å². The number of aliphatic imine (C=N–C) groups is 1. The van der Waals surface area contributed by atoms with Gasteiger partial charge in [0.15, 0.2) is 0 Å². The fourth-order valence-corrected chi connectivity index (χ4v) is 1.67. The van der Waals surface area contributed by atoms with Gasteiger partial charge in [-0.2, -0.15) is 0 Å². The lowest BCUT2D eigenvalue weighted by atomic mass is 10.2. The predicted octanol–water partition coefficient (Wildman–Crippen LogP) is 3.79. The van der Waals surface area contributed by atoms with Crippen LogP contribution in [-0.2, 0) is 0 Å². The summed E-state index contributed by atoms with van der Waals surface area (Å²) in [6, 6.07) is 18.2. The zero-order chi connectivity index (χ0) is 11.4. The van der Waals surface area contributed by atoms with E-state index >= 15 is 0 Å². The Morgan fingerprint density at radius 1 is 0.938 bits per heavy atom. The highest BCUT2D eigenvalue weighted by molar-refractivity contribution is 5.74. The van der Waals surface area contributed by atoms with E-state index in [0.717, 1.165) is 17.1 Å². The molecule has 0 aliphatic heterocycles. The summed E-state index contributed by atoms with van der Waals surface area (Å²) in [6.07, 6.45) is 0. The molecule has 0 atom stereocenters. The maximum absolute atomic E-state index is 4.03. The molecular formula is C14H14N2. The third kappa shape index (κ3) is 1.96. The van der Waals surface area contributed by atoms with Gasteiger partial charge in [0.05, 0.1) is 11.4 Å². The molecule has 2 rings (SSSR count). The van der Waals surface area contributed by atoms with Gasteiger partial charge in [-0.05, 0) is 31.0 Å². The highest BCUT2D eigenvalue weighted by atomic mass is 15.1. The molecule has 0 fully saturated rings. The van der Waals surface area contributed by atoms with E-state index in [-0.39, 0.29) is 0 Å². The molecule has 0 saturated carbocycles. The predicted molar refractivity (Wildman–Crippen MR) is 70.2 cm³/mol. The molecule has 0 bridgehead atoms. The van der Waals surface area contributed by atoms with Crippen molar-refractivity contribution in [3.05, 3.63) is 54.6 Å². The zero-order valence-electron chi connectivity index (χ0n) is 9.30. The summed E-state index contributed by atoms with van der Waals surface area (Å²) >= 11 is 0. The van der Waals surface area contributed by atoms with Gasteiger partial charge in [-0.15, -0.1) is 0 Å². The maximum atomic E-state index is 4.03. The lowest BCUT2D eigenvalue weighted by molar-refractivity contribution is 1.20. The second kappa shape index (κ2) is 4.62. The Bertz CT molecular complexity index is 477. The first-order chi connectivity index (χ1) is 7.83. The summed E-state index contributed by atoms with van der Waals surface area (Å²) in [4.78, 5) is 6.13. The van der Waals surface area contributed by atoms with E-state index in [2.05, 4.69) is 28.7 Å². The molecule has 16 heavy (non-hydrogen) atoms. The van der Waals surface area contributed by atoms with Gasteiger partial charge in [0, 0.05) is 12.7 Å². The lowest BCUT2D eigenvalue weighted by Gasteiger charge is -2.20. The van der Waals surface area contributed by atoms with Crippen LogP contribution in [0.4, 0.5) is 17.1 Å². The Morgan fingerprint density at radius 2 is 1.56 bits per heavy atom. The lowest BCUT2D eigenvalue weighted by Crippen LogP contribution is -2.09. The van der Waals surface area contributed by atoms with E-state index in [0.29, 0.717) is 0 Å². The molecule has 2 nitrogen and oxygen atoms in total. The molecule has 2 heteroatoms. The van der Waals surface area contributed by atoms with E-state index in [1.54, 1.807) is 0 Å². The van der Waals surface area contributed by atoms with Gasteiger partial charge in [0.2, 0.25) is 0 Å². The van der Waals surface area contributed by atoms with Crippen molar-refractivity contribution < 1.29 is 0 Å². The average molecular weight is 210 g/mol. The third-order valence-electron chi connectivity index (χ3n) is 2.56. The second-order valence-corrected chi connectivity index (χ2v) is 3.54. The van der Waals surface area contributed by atoms with Crippen LogP contribution in [0.15, 0.2) is 59.6 Å². The van der Waals surface area contributed by atoms with Crippen molar-refractivity contribution in [2.24, 2.45) is 4.99 Å². The molecule has 0 amide bonds. The number of anilines is 2. The van der Waals surface area contributed by atoms with Crippen molar-refractivity contribution in [1.82, 2.24) is 0 Å². The molecule has 0 aromatic heterocycles. The number of benzene rings is 2. The Morgan fingerprint density at radius 3 is 2.25 bits per heavy atom. The Hall–Kier alpha value is -2.09. The summed E-state index contributed by atoms with van der Waals surface area (Å²) in [5, 5.41) is 0. The molecule has 0 aliphatic rings. The number of hydrogen-bond donors (Lipinski definition) is 0. The first-order valence-corrected chi connectivity index (χ1v) is 5.17. The first kappa shape index (κ1) is 10.4. The Balaban J connectivity index is 2.41. The summed E-state index contributed by atoms with van der Waals surface area (Å²) in [5.74, 6) is 0. The quantitative estimate of drug-likeness (QED) is 0.704. The van der Waals surface area contributed by atoms with E-state index in [4.69, 9.17) is 0 Å². The molecule has 0 unspecified atom stereocenters. The number of rotatable bonds is 3. The van der Waals surface area contributed by atoms with Crippen molar-refractivity contribution in [2.75, 3.05) is 11.9 Å². The summed E-state index contributed by atoms with van der Waals surface area (Å²) in [5.41, 5.74) is 3.09. The molecule has 80 valence electrons. The fourth-order valence-electron chi connectivity index (χ4n) is 1.67. The van der Waals surface area contributed by atoms with Gasteiger partial charge in [-0.3, -0.25) is 4.99 Å². The highest BCUT2D eigenvalue weighted by Crippen LogP contribution is 2.31. The van der Waals surface area contributed by atoms with Crippen LogP contribution in [0.2, 0.25) is 0 Å².